The maximum atomic E-state index is 6.50. The van der Waals surface area contributed by atoms with Crippen LogP contribution in [0.5, 0.6) is 0 Å². The van der Waals surface area contributed by atoms with E-state index in [-0.39, 0.29) is 0 Å². The van der Waals surface area contributed by atoms with E-state index in [1.54, 1.807) is 0 Å². The molecule has 0 saturated carbocycles. The van der Waals surface area contributed by atoms with Crippen LogP contribution in [0.25, 0.3) is 101 Å². The molecule has 2 heterocycles. The van der Waals surface area contributed by atoms with Gasteiger partial charge >= 0.3 is 0 Å². The molecule has 0 fully saturated rings. The lowest BCUT2D eigenvalue weighted by Crippen LogP contribution is -2.00. The Morgan fingerprint density at radius 2 is 0.868 bits per heavy atom. The zero-order valence-electron chi connectivity index (χ0n) is 28.5. The lowest BCUT2D eigenvalue weighted by molar-refractivity contribution is 0.620. The molecule has 8 aromatic carbocycles. The average Bonchev–Trinajstić information content (AvgIpc) is 3.68. The number of para-hydroxylation sites is 1. The fraction of sp³-hybridized carbons (Fsp3) is 0. The van der Waals surface area contributed by atoms with Crippen molar-refractivity contribution in [1.29, 1.82) is 0 Å². The molecule has 0 spiro atoms. The molecule has 10 aromatic rings. The van der Waals surface area contributed by atoms with E-state index in [0.29, 0.717) is 23.4 Å². The highest BCUT2D eigenvalue weighted by molar-refractivity contribution is 6.08. The van der Waals surface area contributed by atoms with Crippen molar-refractivity contribution in [2.45, 2.75) is 0 Å². The van der Waals surface area contributed by atoms with E-state index in [4.69, 9.17) is 24.4 Å². The lowest BCUT2D eigenvalue weighted by Gasteiger charge is -2.15. The van der Waals surface area contributed by atoms with Gasteiger partial charge in [-0.1, -0.05) is 164 Å². The summed E-state index contributed by atoms with van der Waals surface area (Å²) in [6.07, 6.45) is 0. The molecule has 53 heavy (non-hydrogen) atoms. The third-order valence-corrected chi connectivity index (χ3v) is 9.77. The SMILES string of the molecule is c1ccc(-c2nc(-c3ccccc3)nc(-c3cccc(-c4c(-c5cccc6oc(-c7cccc8ccccc78)nc56)ccc5ccccc45)c3)n2)cc1. The van der Waals surface area contributed by atoms with Crippen LogP contribution in [0, 0.1) is 0 Å². The monoisotopic (exact) mass is 678 g/mol. The molecule has 5 nitrogen and oxygen atoms in total. The number of oxazole rings is 1. The molecular formula is C48H30N4O. The Hall–Kier alpha value is -7.24. The van der Waals surface area contributed by atoms with Crippen LogP contribution >= 0.6 is 0 Å². The molecule has 0 aliphatic rings. The molecule has 248 valence electrons. The summed E-state index contributed by atoms with van der Waals surface area (Å²) in [5, 5.41) is 4.55. The number of aromatic nitrogens is 4. The summed E-state index contributed by atoms with van der Waals surface area (Å²) in [6.45, 7) is 0. The predicted octanol–water partition coefficient (Wildman–Crippen LogP) is 12.3. The predicted molar refractivity (Wildman–Crippen MR) is 215 cm³/mol. The highest BCUT2D eigenvalue weighted by Crippen LogP contribution is 2.42. The van der Waals surface area contributed by atoms with E-state index in [9.17, 15) is 0 Å². The first-order chi connectivity index (χ1) is 26.3. The highest BCUT2D eigenvalue weighted by Gasteiger charge is 2.20. The minimum atomic E-state index is 0.604. The zero-order valence-corrected chi connectivity index (χ0v) is 28.5. The fourth-order valence-corrected chi connectivity index (χ4v) is 7.25. The van der Waals surface area contributed by atoms with Gasteiger partial charge in [0, 0.05) is 27.8 Å². The van der Waals surface area contributed by atoms with E-state index in [2.05, 4.69) is 109 Å². The Bertz CT molecular complexity index is 2890. The molecule has 10 rings (SSSR count). The van der Waals surface area contributed by atoms with E-state index in [1.807, 2.05) is 72.8 Å². The van der Waals surface area contributed by atoms with Crippen LogP contribution in [0.2, 0.25) is 0 Å². The first-order valence-corrected chi connectivity index (χ1v) is 17.6. The van der Waals surface area contributed by atoms with Gasteiger partial charge in [0.15, 0.2) is 23.1 Å². The van der Waals surface area contributed by atoms with Gasteiger partial charge in [-0.3, -0.25) is 0 Å². The van der Waals surface area contributed by atoms with Gasteiger partial charge in [0.25, 0.3) is 0 Å². The van der Waals surface area contributed by atoms with Crippen LogP contribution in [0.15, 0.2) is 186 Å². The molecule has 0 aliphatic heterocycles. The fourth-order valence-electron chi connectivity index (χ4n) is 7.25. The molecule has 0 radical (unpaired) electrons. The second-order valence-corrected chi connectivity index (χ2v) is 13.0. The summed E-state index contributed by atoms with van der Waals surface area (Å²) in [5.74, 6) is 2.47. The van der Waals surface area contributed by atoms with Gasteiger partial charge in [0.2, 0.25) is 5.89 Å². The largest absolute Gasteiger partial charge is 0.436 e. The molecule has 0 amide bonds. The molecular weight excluding hydrogens is 649 g/mol. The first kappa shape index (κ1) is 30.6. The summed E-state index contributed by atoms with van der Waals surface area (Å²) in [7, 11) is 0. The van der Waals surface area contributed by atoms with Gasteiger partial charge in [0.1, 0.15) is 5.52 Å². The smallest absolute Gasteiger partial charge is 0.227 e. The van der Waals surface area contributed by atoms with E-state index < -0.39 is 0 Å². The zero-order chi connectivity index (χ0) is 35.1. The number of hydrogen-bond donors (Lipinski definition) is 0. The summed E-state index contributed by atoms with van der Waals surface area (Å²) in [4.78, 5) is 20.1. The van der Waals surface area contributed by atoms with Crippen LogP contribution < -0.4 is 0 Å². The molecule has 0 unspecified atom stereocenters. The Morgan fingerprint density at radius 3 is 1.60 bits per heavy atom. The van der Waals surface area contributed by atoms with E-state index >= 15 is 0 Å². The second kappa shape index (κ2) is 12.8. The molecule has 0 saturated heterocycles. The minimum absolute atomic E-state index is 0.604. The number of hydrogen-bond acceptors (Lipinski definition) is 5. The third-order valence-electron chi connectivity index (χ3n) is 9.77. The maximum Gasteiger partial charge on any atom is 0.227 e. The number of nitrogens with zero attached hydrogens (tertiary/aromatic N) is 4. The Balaban J connectivity index is 1.16. The minimum Gasteiger partial charge on any atom is -0.436 e. The number of fused-ring (bicyclic) bond motifs is 3. The van der Waals surface area contributed by atoms with Crippen LogP contribution in [0.1, 0.15) is 0 Å². The van der Waals surface area contributed by atoms with Crippen molar-refractivity contribution in [1.82, 2.24) is 19.9 Å². The molecule has 0 atom stereocenters. The average molecular weight is 679 g/mol. The summed E-state index contributed by atoms with van der Waals surface area (Å²) >= 11 is 0. The first-order valence-electron chi connectivity index (χ1n) is 17.6. The van der Waals surface area contributed by atoms with Crippen molar-refractivity contribution in [2.75, 3.05) is 0 Å². The highest BCUT2D eigenvalue weighted by atomic mass is 16.3. The van der Waals surface area contributed by atoms with Gasteiger partial charge < -0.3 is 4.42 Å². The van der Waals surface area contributed by atoms with Crippen molar-refractivity contribution in [2.24, 2.45) is 0 Å². The van der Waals surface area contributed by atoms with Crippen LogP contribution in [0.4, 0.5) is 0 Å². The number of benzene rings is 8. The standard InChI is InChI=1S/C48H30N4O/c1-3-16-33(17-4-1)45-50-46(34-18-5-2-6-19-34)52-47(51-45)36-22-11-21-35(30-36)43-38-24-10-8-15-32(38)28-29-39(43)40-25-13-27-42-44(40)49-48(53-42)41-26-12-20-31-14-7-9-23-37(31)41/h1-30H. The lowest BCUT2D eigenvalue weighted by atomic mass is 9.88. The normalized spacial score (nSPS) is 11.4. The van der Waals surface area contributed by atoms with Crippen LogP contribution in [-0.2, 0) is 0 Å². The van der Waals surface area contributed by atoms with E-state index in [1.165, 1.54) is 0 Å². The quantitative estimate of drug-likeness (QED) is 0.175. The van der Waals surface area contributed by atoms with Crippen LogP contribution in [0.3, 0.4) is 0 Å². The second-order valence-electron chi connectivity index (χ2n) is 13.0. The summed E-state index contributed by atoms with van der Waals surface area (Å²) in [6, 6.07) is 62.3. The molecule has 0 bridgehead atoms. The topological polar surface area (TPSA) is 64.7 Å². The third kappa shape index (κ3) is 5.52. The molecule has 0 aliphatic carbocycles. The van der Waals surface area contributed by atoms with Gasteiger partial charge in [0.05, 0.1) is 0 Å². The van der Waals surface area contributed by atoms with Gasteiger partial charge in [-0.15, -0.1) is 0 Å². The van der Waals surface area contributed by atoms with E-state index in [0.717, 1.165) is 77.2 Å². The Morgan fingerprint density at radius 1 is 0.340 bits per heavy atom. The van der Waals surface area contributed by atoms with Crippen molar-refractivity contribution in [3.05, 3.63) is 182 Å². The van der Waals surface area contributed by atoms with Crippen molar-refractivity contribution >= 4 is 32.6 Å². The van der Waals surface area contributed by atoms with Crippen LogP contribution in [-0.4, -0.2) is 19.9 Å². The number of rotatable bonds is 6. The van der Waals surface area contributed by atoms with Gasteiger partial charge in [-0.2, -0.15) is 0 Å². The molecule has 0 N–H and O–H groups in total. The Labute approximate surface area is 305 Å². The summed E-state index contributed by atoms with van der Waals surface area (Å²) in [5.41, 5.74) is 9.52. The molecule has 2 aromatic heterocycles. The van der Waals surface area contributed by atoms with Gasteiger partial charge in [-0.25, -0.2) is 19.9 Å². The summed E-state index contributed by atoms with van der Waals surface area (Å²) < 4.78 is 6.50. The van der Waals surface area contributed by atoms with Gasteiger partial charge in [-0.05, 0) is 56.4 Å². The van der Waals surface area contributed by atoms with Crippen molar-refractivity contribution in [3.8, 4) is 67.9 Å². The molecule has 5 heteroatoms. The van der Waals surface area contributed by atoms with Crippen molar-refractivity contribution < 1.29 is 4.42 Å². The maximum absolute atomic E-state index is 6.50. The Kier molecular flexibility index (Phi) is 7.40. The van der Waals surface area contributed by atoms with Crippen molar-refractivity contribution in [3.63, 3.8) is 0 Å².